The third-order valence-electron chi connectivity index (χ3n) is 9.38. The lowest BCUT2D eigenvalue weighted by atomic mass is 9.95. The van der Waals surface area contributed by atoms with E-state index in [0.29, 0.717) is 22.7 Å². The van der Waals surface area contributed by atoms with Crippen LogP contribution in [0.1, 0.15) is 22.3 Å². The van der Waals surface area contributed by atoms with Crippen molar-refractivity contribution in [2.45, 2.75) is 0 Å². The first-order chi connectivity index (χ1) is 27.5. The number of amidine groups is 1. The molecule has 0 aliphatic heterocycles. The zero-order valence-corrected chi connectivity index (χ0v) is 30.1. The molecule has 0 atom stereocenters. The Morgan fingerprint density at radius 1 is 0.446 bits per heavy atom. The van der Waals surface area contributed by atoms with Crippen molar-refractivity contribution in [1.29, 1.82) is 16.1 Å². The van der Waals surface area contributed by atoms with E-state index in [0.717, 1.165) is 61.5 Å². The highest BCUT2D eigenvalue weighted by Crippen LogP contribution is 2.32. The molecule has 8 aromatic rings. The van der Waals surface area contributed by atoms with Crippen LogP contribution in [0.25, 0.3) is 56.2 Å². The fourth-order valence-electron chi connectivity index (χ4n) is 6.47. The number of hydrogen-bond acceptors (Lipinski definition) is 6. The Kier molecular flexibility index (Phi) is 10.0. The second-order valence-corrected chi connectivity index (χ2v) is 13.0. The van der Waals surface area contributed by atoms with Crippen molar-refractivity contribution in [3.8, 4) is 62.2 Å². The maximum absolute atomic E-state index is 9.99. The summed E-state index contributed by atoms with van der Waals surface area (Å²) >= 11 is 0. The number of benzene rings is 7. The normalized spacial score (nSPS) is 11.1. The zero-order chi connectivity index (χ0) is 38.3. The number of aromatic nitrogens is 3. The molecule has 0 fully saturated rings. The Balaban J connectivity index is 1.07. The van der Waals surface area contributed by atoms with Crippen molar-refractivity contribution in [1.82, 2.24) is 15.2 Å². The number of nitrogens with one attached hydrogen (secondary N) is 2. The molecule has 0 radical (unpaired) electrons. The number of rotatable bonds is 9. The van der Waals surface area contributed by atoms with Crippen molar-refractivity contribution < 1.29 is 0 Å². The number of nitrogens with zero attached hydrogens (tertiary/aromatic N) is 5. The minimum absolute atomic E-state index is 0.0485. The van der Waals surface area contributed by atoms with Gasteiger partial charge in [0.2, 0.25) is 0 Å². The molecule has 0 aliphatic rings. The molecule has 8 rings (SSSR count). The molecule has 1 aromatic heterocycles. The van der Waals surface area contributed by atoms with Crippen LogP contribution in [0.15, 0.2) is 193 Å². The quantitative estimate of drug-likeness (QED) is 0.114. The largest absolute Gasteiger partial charge is 0.298 e. The smallest absolute Gasteiger partial charge is 0.182 e. The Morgan fingerprint density at radius 2 is 0.929 bits per heavy atom. The van der Waals surface area contributed by atoms with Crippen molar-refractivity contribution >= 4 is 17.3 Å². The number of nitriles is 1. The molecule has 0 unspecified atom stereocenters. The maximum atomic E-state index is 9.99. The summed E-state index contributed by atoms with van der Waals surface area (Å²) in [6.45, 7) is 0. The molecule has 0 spiro atoms. The monoisotopic (exact) mass is 719 g/mol. The van der Waals surface area contributed by atoms with Gasteiger partial charge in [-0.25, -0.2) is 9.98 Å². The topological polar surface area (TPSA) is 123 Å². The van der Waals surface area contributed by atoms with Gasteiger partial charge in [0.05, 0.1) is 23.1 Å². The molecule has 264 valence electrons. The highest BCUT2D eigenvalue weighted by Gasteiger charge is 2.16. The van der Waals surface area contributed by atoms with Crippen LogP contribution in [0.5, 0.6) is 0 Å². The van der Waals surface area contributed by atoms with E-state index in [4.69, 9.17) is 15.8 Å². The van der Waals surface area contributed by atoms with Gasteiger partial charge in [-0.3, -0.25) is 10.8 Å². The minimum atomic E-state index is 0.0485. The average molecular weight is 720 g/mol. The molecule has 0 saturated carbocycles. The molecular weight excluding hydrogens is 687 g/mol. The maximum Gasteiger partial charge on any atom is 0.182 e. The number of aliphatic imine (C=N–C) groups is 1. The van der Waals surface area contributed by atoms with E-state index in [1.165, 1.54) is 0 Å². The third-order valence-corrected chi connectivity index (χ3v) is 9.38. The summed E-state index contributed by atoms with van der Waals surface area (Å²) in [6.07, 6.45) is 0. The van der Waals surface area contributed by atoms with Crippen LogP contribution < -0.4 is 0 Å². The van der Waals surface area contributed by atoms with Gasteiger partial charge < -0.3 is 0 Å². The van der Waals surface area contributed by atoms with Crippen LogP contribution in [0.2, 0.25) is 0 Å². The first-order valence-electron chi connectivity index (χ1n) is 18.0. The van der Waals surface area contributed by atoms with E-state index in [9.17, 15) is 5.26 Å². The van der Waals surface area contributed by atoms with Gasteiger partial charge in [-0.05, 0) is 40.5 Å². The van der Waals surface area contributed by atoms with Crippen molar-refractivity contribution in [3.63, 3.8) is 0 Å². The third kappa shape index (κ3) is 7.58. The Bertz CT molecular complexity index is 2740. The van der Waals surface area contributed by atoms with Gasteiger partial charge in [-0.1, -0.05) is 170 Å². The van der Waals surface area contributed by atoms with Gasteiger partial charge in [0.15, 0.2) is 11.7 Å². The molecule has 1 heterocycles. The second kappa shape index (κ2) is 16.0. The molecule has 7 nitrogen and oxygen atoms in total. The van der Waals surface area contributed by atoms with Crippen LogP contribution in [0.3, 0.4) is 0 Å². The first-order valence-corrected chi connectivity index (χ1v) is 18.0. The Morgan fingerprint density at radius 3 is 1.48 bits per heavy atom. The fourth-order valence-corrected chi connectivity index (χ4v) is 6.47. The molecule has 0 amide bonds. The highest BCUT2D eigenvalue weighted by atomic mass is 15.2. The van der Waals surface area contributed by atoms with Crippen molar-refractivity contribution in [2.24, 2.45) is 4.99 Å². The molecule has 0 bridgehead atoms. The van der Waals surface area contributed by atoms with E-state index in [2.05, 4.69) is 27.3 Å². The van der Waals surface area contributed by atoms with E-state index in [1.54, 1.807) is 0 Å². The fraction of sp³-hybridized carbons (Fsp3) is 0. The van der Waals surface area contributed by atoms with Crippen LogP contribution >= 0.6 is 0 Å². The van der Waals surface area contributed by atoms with Crippen molar-refractivity contribution in [3.05, 3.63) is 210 Å². The predicted molar refractivity (Wildman–Crippen MR) is 225 cm³/mol. The average Bonchev–Trinajstić information content (AvgIpc) is 3.29. The first kappa shape index (κ1) is 35.1. The van der Waals surface area contributed by atoms with Gasteiger partial charge in [-0.15, -0.1) is 10.2 Å². The summed E-state index contributed by atoms with van der Waals surface area (Å²) < 4.78 is 0. The van der Waals surface area contributed by atoms with E-state index in [1.807, 2.05) is 182 Å². The minimum Gasteiger partial charge on any atom is -0.298 e. The van der Waals surface area contributed by atoms with Gasteiger partial charge in [0.1, 0.15) is 11.4 Å². The standard InChI is InChI=1S/C49H33N7/c50-32-33-29-42(34-21-25-40(26-22-34)48(52)53-45(37-15-7-2-8-16-37)44(51)36-13-5-1-6-14-36)31-43(30-33)35-23-27-41(28-24-35)49-54-46(38-17-9-3-10-18-38)47(55-56-49)39-19-11-4-12-20-39/h1-31,51-52H/b51-44?,52-48?,53-45-. The van der Waals surface area contributed by atoms with E-state index in [-0.39, 0.29) is 11.5 Å². The summed E-state index contributed by atoms with van der Waals surface area (Å²) in [7, 11) is 0. The van der Waals surface area contributed by atoms with E-state index < -0.39 is 0 Å². The lowest BCUT2D eigenvalue weighted by Crippen LogP contribution is -2.18. The van der Waals surface area contributed by atoms with Crippen molar-refractivity contribution in [2.75, 3.05) is 0 Å². The van der Waals surface area contributed by atoms with Crippen LogP contribution in [0, 0.1) is 22.1 Å². The summed E-state index contributed by atoms with van der Waals surface area (Å²) in [5.41, 5.74) is 11.1. The molecular formula is C49H33N7. The van der Waals surface area contributed by atoms with Crippen LogP contribution in [0.4, 0.5) is 0 Å². The molecule has 2 N–H and O–H groups in total. The number of hydrogen-bond donors (Lipinski definition) is 2. The molecule has 56 heavy (non-hydrogen) atoms. The van der Waals surface area contributed by atoms with Gasteiger partial charge in [0.25, 0.3) is 0 Å². The van der Waals surface area contributed by atoms with Gasteiger partial charge in [-0.2, -0.15) is 5.26 Å². The lowest BCUT2D eigenvalue weighted by Gasteiger charge is -2.11. The van der Waals surface area contributed by atoms with Gasteiger partial charge >= 0.3 is 0 Å². The highest BCUT2D eigenvalue weighted by molar-refractivity contribution is 6.53. The Hall–Kier alpha value is -7.95. The predicted octanol–water partition coefficient (Wildman–Crippen LogP) is 11.0. The Labute approximate surface area is 325 Å². The summed E-state index contributed by atoms with van der Waals surface area (Å²) in [6, 6.07) is 62.5. The lowest BCUT2D eigenvalue weighted by molar-refractivity contribution is 0.991. The summed E-state index contributed by atoms with van der Waals surface area (Å²) in [4.78, 5) is 9.66. The summed E-state index contributed by atoms with van der Waals surface area (Å²) in [5, 5.41) is 37.0. The van der Waals surface area contributed by atoms with E-state index >= 15 is 0 Å². The van der Waals surface area contributed by atoms with Gasteiger partial charge in [0, 0.05) is 33.4 Å². The second-order valence-electron chi connectivity index (χ2n) is 13.0. The molecule has 7 aromatic carbocycles. The SMILES string of the molecule is N#Cc1cc(-c2ccc(C(=N)/N=C(\C(=N)c3ccccc3)c3ccccc3)cc2)cc(-c2ccc(-c3nnc(-c4ccccc4)c(-c4ccccc4)n3)cc2)c1. The zero-order valence-electron chi connectivity index (χ0n) is 30.1. The van der Waals surface area contributed by atoms with Crippen LogP contribution in [-0.4, -0.2) is 32.4 Å². The van der Waals surface area contributed by atoms with Crippen LogP contribution in [-0.2, 0) is 0 Å². The molecule has 7 heteroatoms. The summed E-state index contributed by atoms with van der Waals surface area (Å²) in [5.74, 6) is 0.566. The molecule has 0 aliphatic carbocycles. The molecule has 0 saturated heterocycles.